The zero-order valence-corrected chi connectivity index (χ0v) is 9.63. The van der Waals surface area contributed by atoms with Crippen LogP contribution in [0.4, 0.5) is 5.82 Å². The van der Waals surface area contributed by atoms with Crippen LogP contribution in [-0.4, -0.2) is 26.5 Å². The number of hydrogen-bond donors (Lipinski definition) is 0. The molecule has 0 saturated carbocycles. The van der Waals surface area contributed by atoms with E-state index in [-0.39, 0.29) is 5.03 Å². The Labute approximate surface area is 93.3 Å². The van der Waals surface area contributed by atoms with E-state index < -0.39 is 9.05 Å². The zero-order chi connectivity index (χ0) is 10.9. The number of hydrogen-bond acceptors (Lipinski definition) is 4. The first kappa shape index (κ1) is 10.7. The molecular weight excluding hydrogens is 236 g/mol. The van der Waals surface area contributed by atoms with Gasteiger partial charge < -0.3 is 4.90 Å². The lowest BCUT2D eigenvalue weighted by Gasteiger charge is -2.16. The summed E-state index contributed by atoms with van der Waals surface area (Å²) in [7, 11) is 1.51. The lowest BCUT2D eigenvalue weighted by molar-refractivity contribution is 0.606. The highest BCUT2D eigenvalue weighted by Crippen LogP contribution is 2.20. The summed E-state index contributed by atoms with van der Waals surface area (Å²) in [6, 6.07) is 4.87. The molecule has 4 nitrogen and oxygen atoms in total. The Bertz CT molecular complexity index is 455. The lowest BCUT2D eigenvalue weighted by atomic mass is 10.4. The third-order valence-corrected chi connectivity index (χ3v) is 3.59. The third-order valence-electron chi connectivity index (χ3n) is 2.39. The van der Waals surface area contributed by atoms with Gasteiger partial charge in [0.1, 0.15) is 5.82 Å². The molecule has 0 amide bonds. The van der Waals surface area contributed by atoms with Crippen molar-refractivity contribution in [1.82, 2.24) is 4.98 Å². The summed E-state index contributed by atoms with van der Waals surface area (Å²) in [6.45, 7) is 1.86. The van der Waals surface area contributed by atoms with Gasteiger partial charge >= 0.3 is 0 Å². The van der Waals surface area contributed by atoms with Crippen molar-refractivity contribution in [3.8, 4) is 0 Å². The zero-order valence-electron chi connectivity index (χ0n) is 8.06. The number of halogens is 1. The molecule has 0 aromatic carbocycles. The Hall–Kier alpha value is -0.810. The number of nitrogens with zero attached hydrogens (tertiary/aromatic N) is 2. The van der Waals surface area contributed by atoms with E-state index >= 15 is 0 Å². The van der Waals surface area contributed by atoms with Gasteiger partial charge in [-0.15, -0.1) is 0 Å². The number of anilines is 1. The molecule has 15 heavy (non-hydrogen) atoms. The first-order chi connectivity index (χ1) is 7.07. The second-order valence-corrected chi connectivity index (χ2v) is 5.98. The Morgan fingerprint density at radius 3 is 2.53 bits per heavy atom. The van der Waals surface area contributed by atoms with Crippen molar-refractivity contribution in [2.24, 2.45) is 0 Å². The maximum absolute atomic E-state index is 11.1. The first-order valence-corrected chi connectivity index (χ1v) is 7.05. The predicted octanol–water partition coefficient (Wildman–Crippen LogP) is 1.61. The normalized spacial score (nSPS) is 17.0. The predicted molar refractivity (Wildman–Crippen MR) is 58.7 cm³/mol. The second-order valence-electron chi connectivity index (χ2n) is 3.47. The van der Waals surface area contributed by atoms with Gasteiger partial charge in [-0.25, -0.2) is 13.4 Å². The highest BCUT2D eigenvalue weighted by molar-refractivity contribution is 8.13. The van der Waals surface area contributed by atoms with E-state index in [2.05, 4.69) is 9.88 Å². The van der Waals surface area contributed by atoms with Crippen LogP contribution >= 0.6 is 10.7 Å². The van der Waals surface area contributed by atoms with E-state index in [9.17, 15) is 8.42 Å². The minimum Gasteiger partial charge on any atom is -0.357 e. The number of aromatic nitrogens is 1. The summed E-state index contributed by atoms with van der Waals surface area (Å²) in [6.07, 6.45) is 2.25. The van der Waals surface area contributed by atoms with E-state index in [0.717, 1.165) is 25.9 Å². The van der Waals surface area contributed by atoms with Crippen molar-refractivity contribution >= 4 is 25.6 Å². The summed E-state index contributed by atoms with van der Waals surface area (Å²) in [5, 5.41) is -0.0754. The molecule has 0 radical (unpaired) electrons. The van der Waals surface area contributed by atoms with Crippen molar-refractivity contribution in [1.29, 1.82) is 0 Å². The van der Waals surface area contributed by atoms with Crippen LogP contribution in [0, 0.1) is 0 Å². The Morgan fingerprint density at radius 2 is 1.93 bits per heavy atom. The van der Waals surface area contributed by atoms with Crippen LogP contribution in [0.3, 0.4) is 0 Å². The molecular formula is C9H11ClN2O2S. The molecule has 82 valence electrons. The third kappa shape index (κ3) is 2.41. The fourth-order valence-electron chi connectivity index (χ4n) is 1.66. The van der Waals surface area contributed by atoms with Crippen LogP contribution in [0.15, 0.2) is 23.2 Å². The van der Waals surface area contributed by atoms with Gasteiger partial charge in [-0.1, -0.05) is 6.07 Å². The molecule has 1 saturated heterocycles. The molecule has 0 atom stereocenters. The molecule has 1 fully saturated rings. The van der Waals surface area contributed by atoms with Crippen LogP contribution in [0.25, 0.3) is 0 Å². The van der Waals surface area contributed by atoms with Crippen molar-refractivity contribution in [2.45, 2.75) is 17.9 Å². The minimum absolute atomic E-state index is 0.0754. The van der Waals surface area contributed by atoms with E-state index in [4.69, 9.17) is 10.7 Å². The molecule has 0 unspecified atom stereocenters. The Morgan fingerprint density at radius 1 is 1.27 bits per heavy atom. The molecule has 2 rings (SSSR count). The highest BCUT2D eigenvalue weighted by Gasteiger charge is 2.17. The van der Waals surface area contributed by atoms with Gasteiger partial charge in [0.05, 0.1) is 0 Å². The standard InChI is InChI=1S/C9H11ClN2O2S/c10-15(13,14)9-5-3-4-8(11-9)12-6-1-2-7-12/h3-5H,1-2,6-7H2. The summed E-state index contributed by atoms with van der Waals surface area (Å²) in [5.41, 5.74) is 0. The summed E-state index contributed by atoms with van der Waals surface area (Å²) < 4.78 is 22.2. The summed E-state index contributed by atoms with van der Waals surface area (Å²) in [4.78, 5) is 6.09. The smallest absolute Gasteiger partial charge is 0.278 e. The molecule has 6 heteroatoms. The van der Waals surface area contributed by atoms with E-state index in [1.54, 1.807) is 12.1 Å². The maximum Gasteiger partial charge on any atom is 0.278 e. The van der Waals surface area contributed by atoms with Gasteiger partial charge in [0.2, 0.25) is 0 Å². The molecule has 0 spiro atoms. The van der Waals surface area contributed by atoms with Gasteiger partial charge in [-0.2, -0.15) is 0 Å². The van der Waals surface area contributed by atoms with Crippen LogP contribution in [0.5, 0.6) is 0 Å². The molecule has 1 aromatic heterocycles. The van der Waals surface area contributed by atoms with Gasteiger partial charge in [-0.05, 0) is 25.0 Å². The Kier molecular flexibility index (Phi) is 2.84. The van der Waals surface area contributed by atoms with Crippen molar-refractivity contribution in [2.75, 3.05) is 18.0 Å². The van der Waals surface area contributed by atoms with Crippen LogP contribution in [-0.2, 0) is 9.05 Å². The molecule has 0 N–H and O–H groups in total. The topological polar surface area (TPSA) is 50.3 Å². The SMILES string of the molecule is O=S(=O)(Cl)c1cccc(N2CCCC2)n1. The van der Waals surface area contributed by atoms with Gasteiger partial charge in [0.25, 0.3) is 9.05 Å². The van der Waals surface area contributed by atoms with Crippen molar-refractivity contribution in [3.05, 3.63) is 18.2 Å². The molecule has 1 aromatic rings. The molecule has 0 aliphatic carbocycles. The van der Waals surface area contributed by atoms with Crippen LogP contribution in [0.1, 0.15) is 12.8 Å². The second kappa shape index (κ2) is 3.98. The quantitative estimate of drug-likeness (QED) is 0.744. The average molecular weight is 247 g/mol. The van der Waals surface area contributed by atoms with Gasteiger partial charge in [0, 0.05) is 23.8 Å². The highest BCUT2D eigenvalue weighted by atomic mass is 35.7. The van der Waals surface area contributed by atoms with Crippen LogP contribution in [0.2, 0.25) is 0 Å². The van der Waals surface area contributed by atoms with Gasteiger partial charge in [0.15, 0.2) is 5.03 Å². The van der Waals surface area contributed by atoms with Crippen molar-refractivity contribution in [3.63, 3.8) is 0 Å². The van der Waals surface area contributed by atoms with Crippen LogP contribution < -0.4 is 4.90 Å². The average Bonchev–Trinajstić information content (AvgIpc) is 2.69. The van der Waals surface area contributed by atoms with E-state index in [0.29, 0.717) is 5.82 Å². The van der Waals surface area contributed by atoms with Gasteiger partial charge in [-0.3, -0.25) is 0 Å². The summed E-state index contributed by atoms with van der Waals surface area (Å²) in [5.74, 6) is 0.689. The number of pyridine rings is 1. The fraction of sp³-hybridized carbons (Fsp3) is 0.444. The molecule has 0 bridgehead atoms. The lowest BCUT2D eigenvalue weighted by Crippen LogP contribution is -2.19. The largest absolute Gasteiger partial charge is 0.357 e. The van der Waals surface area contributed by atoms with E-state index in [1.165, 1.54) is 6.07 Å². The molecule has 1 aliphatic rings. The Balaban J connectivity index is 2.34. The monoisotopic (exact) mass is 246 g/mol. The summed E-state index contributed by atoms with van der Waals surface area (Å²) >= 11 is 0. The first-order valence-electron chi connectivity index (χ1n) is 4.74. The van der Waals surface area contributed by atoms with Crippen molar-refractivity contribution < 1.29 is 8.42 Å². The maximum atomic E-state index is 11.1. The molecule has 2 heterocycles. The molecule has 1 aliphatic heterocycles. The minimum atomic E-state index is -3.72. The fourth-order valence-corrected chi connectivity index (χ4v) is 2.36. The van der Waals surface area contributed by atoms with E-state index in [1.807, 2.05) is 0 Å². The number of rotatable bonds is 2.